The first-order valence-electron chi connectivity index (χ1n) is 7.60. The van der Waals surface area contributed by atoms with Gasteiger partial charge in [-0.3, -0.25) is 9.59 Å². The van der Waals surface area contributed by atoms with Crippen LogP contribution in [-0.4, -0.2) is 5.91 Å². The van der Waals surface area contributed by atoms with Gasteiger partial charge in [-0.05, 0) is 23.8 Å². The fraction of sp³-hybridized carbons (Fsp3) is 0.0526. The van der Waals surface area contributed by atoms with E-state index in [1.165, 1.54) is 6.07 Å². The summed E-state index contributed by atoms with van der Waals surface area (Å²) in [6, 6.07) is 15.5. The lowest BCUT2D eigenvalue weighted by Gasteiger charge is -2.04. The molecule has 1 N–H and O–H groups in total. The number of amides is 1. The normalized spacial score (nSPS) is 11.1. The maximum Gasteiger partial charge on any atom is 0.302 e. The molecular formula is C19H12ClNO4. The molecule has 4 aromatic rings. The van der Waals surface area contributed by atoms with Gasteiger partial charge in [0.15, 0.2) is 5.76 Å². The minimum absolute atomic E-state index is 0.0122. The largest absolute Gasteiger partial charge is 0.425 e. The van der Waals surface area contributed by atoms with Crippen LogP contribution in [0.3, 0.4) is 0 Å². The summed E-state index contributed by atoms with van der Waals surface area (Å²) in [5.74, 6) is -0.403. The summed E-state index contributed by atoms with van der Waals surface area (Å²) in [7, 11) is 0. The van der Waals surface area contributed by atoms with Crippen molar-refractivity contribution < 1.29 is 13.6 Å². The molecule has 0 atom stereocenters. The second-order valence-electron chi connectivity index (χ2n) is 5.51. The first-order chi connectivity index (χ1) is 12.1. The van der Waals surface area contributed by atoms with Gasteiger partial charge in [0.05, 0.1) is 5.39 Å². The van der Waals surface area contributed by atoms with Crippen molar-refractivity contribution >= 4 is 39.6 Å². The van der Waals surface area contributed by atoms with E-state index in [0.29, 0.717) is 16.0 Å². The van der Waals surface area contributed by atoms with Gasteiger partial charge >= 0.3 is 5.78 Å². The van der Waals surface area contributed by atoms with Crippen LogP contribution < -0.4 is 10.7 Å². The highest BCUT2D eigenvalue weighted by Crippen LogP contribution is 2.22. The third-order valence-electron chi connectivity index (χ3n) is 3.90. The Kier molecular flexibility index (Phi) is 3.78. The van der Waals surface area contributed by atoms with E-state index in [0.717, 1.165) is 5.56 Å². The van der Waals surface area contributed by atoms with E-state index >= 15 is 0 Å². The quantitative estimate of drug-likeness (QED) is 0.601. The Morgan fingerprint density at radius 2 is 1.76 bits per heavy atom. The number of rotatable bonds is 3. The van der Waals surface area contributed by atoms with Crippen molar-refractivity contribution in [3.63, 3.8) is 0 Å². The molecule has 2 heterocycles. The molecule has 25 heavy (non-hydrogen) atoms. The Balaban J connectivity index is 1.66. The van der Waals surface area contributed by atoms with Gasteiger partial charge in [0, 0.05) is 17.6 Å². The van der Waals surface area contributed by atoms with Crippen LogP contribution in [-0.2, 0) is 6.54 Å². The monoisotopic (exact) mass is 353 g/mol. The highest BCUT2D eigenvalue weighted by molar-refractivity contribution is 6.31. The van der Waals surface area contributed by atoms with Crippen molar-refractivity contribution in [1.29, 1.82) is 0 Å². The summed E-state index contributed by atoms with van der Waals surface area (Å²) in [5, 5.41) is 3.96. The Morgan fingerprint density at radius 3 is 2.60 bits per heavy atom. The van der Waals surface area contributed by atoms with Gasteiger partial charge in [-0.1, -0.05) is 41.9 Å². The van der Waals surface area contributed by atoms with E-state index < -0.39 is 5.91 Å². The van der Waals surface area contributed by atoms with E-state index in [9.17, 15) is 9.59 Å². The third kappa shape index (κ3) is 2.79. The molecule has 0 unspecified atom stereocenters. The lowest BCUT2D eigenvalue weighted by Crippen LogP contribution is -2.22. The van der Waals surface area contributed by atoms with Gasteiger partial charge in [-0.15, -0.1) is 0 Å². The summed E-state index contributed by atoms with van der Waals surface area (Å²) < 4.78 is 11.0. The number of carbonyl (C=O) groups excluding carboxylic acids is 1. The predicted molar refractivity (Wildman–Crippen MR) is 94.9 cm³/mol. The average molecular weight is 354 g/mol. The van der Waals surface area contributed by atoms with Crippen LogP contribution in [0.25, 0.3) is 22.1 Å². The van der Waals surface area contributed by atoms with Gasteiger partial charge in [0.25, 0.3) is 5.91 Å². The summed E-state index contributed by atoms with van der Waals surface area (Å²) in [6.07, 6.45) is 0. The molecule has 4 rings (SSSR count). The number of benzene rings is 2. The first kappa shape index (κ1) is 15.5. The van der Waals surface area contributed by atoms with Gasteiger partial charge < -0.3 is 14.2 Å². The first-order valence-corrected chi connectivity index (χ1v) is 7.98. The van der Waals surface area contributed by atoms with Gasteiger partial charge in [0.2, 0.25) is 5.43 Å². The molecule has 0 aliphatic heterocycles. The standard InChI is InChI=1S/C19H12ClNO4/c20-14-7-3-1-5-11(14)10-21-18(23)16-9-13-17(22)12-6-2-4-8-15(12)24-19(13)25-16/h1-9H,10H2,(H,21,23). The molecule has 0 aliphatic carbocycles. The fourth-order valence-electron chi connectivity index (χ4n) is 2.61. The van der Waals surface area contributed by atoms with E-state index in [1.807, 2.05) is 18.2 Å². The average Bonchev–Trinajstić information content (AvgIpc) is 3.05. The minimum Gasteiger partial charge on any atom is -0.425 e. The van der Waals surface area contributed by atoms with Crippen molar-refractivity contribution in [2.75, 3.05) is 0 Å². The van der Waals surface area contributed by atoms with Gasteiger partial charge in [-0.25, -0.2) is 0 Å². The van der Waals surface area contributed by atoms with E-state index in [2.05, 4.69) is 5.32 Å². The van der Waals surface area contributed by atoms with Crippen LogP contribution in [0.15, 0.2) is 68.2 Å². The molecule has 0 saturated heterocycles. The molecule has 0 radical (unpaired) electrons. The number of fused-ring (bicyclic) bond motifs is 2. The number of para-hydroxylation sites is 1. The molecule has 0 aliphatic rings. The number of furan rings is 1. The summed E-state index contributed by atoms with van der Waals surface area (Å²) >= 11 is 6.07. The maximum absolute atomic E-state index is 12.5. The molecule has 0 fully saturated rings. The Morgan fingerprint density at radius 1 is 1.00 bits per heavy atom. The Labute approximate surface area is 146 Å². The zero-order valence-electron chi connectivity index (χ0n) is 12.9. The number of carbonyl (C=O) groups is 1. The molecule has 124 valence electrons. The second kappa shape index (κ2) is 6.11. The SMILES string of the molecule is O=C(NCc1ccccc1Cl)c1cc2c(=O)c3ccccc3oc2o1. The molecule has 1 amide bonds. The van der Waals surface area contributed by atoms with Crippen molar-refractivity contribution in [2.24, 2.45) is 0 Å². The maximum atomic E-state index is 12.5. The Hall–Kier alpha value is -3.05. The number of hydrogen-bond acceptors (Lipinski definition) is 4. The van der Waals surface area contributed by atoms with Crippen LogP contribution >= 0.6 is 11.6 Å². The molecule has 2 aromatic heterocycles. The zero-order chi connectivity index (χ0) is 17.4. The third-order valence-corrected chi connectivity index (χ3v) is 4.27. The highest BCUT2D eigenvalue weighted by atomic mass is 35.5. The second-order valence-corrected chi connectivity index (χ2v) is 5.92. The number of halogens is 1. The van der Waals surface area contributed by atoms with Crippen LogP contribution in [0.1, 0.15) is 16.1 Å². The smallest absolute Gasteiger partial charge is 0.302 e. The van der Waals surface area contributed by atoms with Crippen molar-refractivity contribution in [1.82, 2.24) is 5.32 Å². The van der Waals surface area contributed by atoms with Crippen LogP contribution in [0.2, 0.25) is 5.02 Å². The summed E-state index contributed by atoms with van der Waals surface area (Å²) in [6.45, 7) is 0.249. The highest BCUT2D eigenvalue weighted by Gasteiger charge is 2.17. The Bertz CT molecular complexity index is 1160. The van der Waals surface area contributed by atoms with E-state index in [4.69, 9.17) is 20.4 Å². The topological polar surface area (TPSA) is 72.5 Å². The summed E-state index contributed by atoms with van der Waals surface area (Å²) in [5.41, 5.74) is 0.969. The van der Waals surface area contributed by atoms with Gasteiger partial charge in [0.1, 0.15) is 11.0 Å². The van der Waals surface area contributed by atoms with Gasteiger partial charge in [-0.2, -0.15) is 0 Å². The molecule has 0 saturated carbocycles. The predicted octanol–water partition coefficient (Wildman–Crippen LogP) is 4.12. The lowest BCUT2D eigenvalue weighted by atomic mass is 10.2. The molecule has 5 nitrogen and oxygen atoms in total. The van der Waals surface area contributed by atoms with E-state index in [-0.39, 0.29) is 28.9 Å². The summed E-state index contributed by atoms with van der Waals surface area (Å²) in [4.78, 5) is 24.8. The number of hydrogen-bond donors (Lipinski definition) is 1. The van der Waals surface area contributed by atoms with Crippen molar-refractivity contribution in [3.05, 3.63) is 81.2 Å². The molecule has 6 heteroatoms. The minimum atomic E-state index is -0.449. The number of nitrogens with one attached hydrogen (secondary N) is 1. The molecule has 2 aromatic carbocycles. The fourth-order valence-corrected chi connectivity index (χ4v) is 2.82. The van der Waals surface area contributed by atoms with Crippen LogP contribution in [0.4, 0.5) is 0 Å². The van der Waals surface area contributed by atoms with E-state index in [1.54, 1.807) is 30.3 Å². The van der Waals surface area contributed by atoms with Crippen LogP contribution in [0, 0.1) is 0 Å². The molecule has 0 bridgehead atoms. The lowest BCUT2D eigenvalue weighted by molar-refractivity contribution is 0.0923. The molecule has 0 spiro atoms. The zero-order valence-corrected chi connectivity index (χ0v) is 13.7. The van der Waals surface area contributed by atoms with Crippen LogP contribution in [0.5, 0.6) is 0 Å². The molecular weight excluding hydrogens is 342 g/mol. The van der Waals surface area contributed by atoms with Crippen molar-refractivity contribution in [2.45, 2.75) is 6.54 Å². The van der Waals surface area contributed by atoms with Crippen molar-refractivity contribution in [3.8, 4) is 0 Å².